The van der Waals surface area contributed by atoms with Crippen LogP contribution in [0.25, 0.3) is 0 Å². The summed E-state index contributed by atoms with van der Waals surface area (Å²) in [6, 6.07) is 0.184. The molecule has 1 atom stereocenters. The number of carbonyl (C=O) groups excluding carboxylic acids is 1. The van der Waals surface area contributed by atoms with Gasteiger partial charge in [-0.05, 0) is 20.3 Å². The number of nitrogens with zero attached hydrogens (tertiary/aromatic N) is 1. The predicted octanol–water partition coefficient (Wildman–Crippen LogP) is 1.71. The summed E-state index contributed by atoms with van der Waals surface area (Å²) >= 11 is 1.58. The van der Waals surface area contributed by atoms with E-state index in [1.54, 1.807) is 11.3 Å². The SMILES string of the molecule is COC(=O)CCC(C)NNc1ncc(C)s1. The first kappa shape index (κ1) is 12.9. The number of esters is 1. The quantitative estimate of drug-likeness (QED) is 0.588. The maximum atomic E-state index is 10.9. The summed E-state index contributed by atoms with van der Waals surface area (Å²) in [5.74, 6) is -0.182. The molecule has 0 bridgehead atoms. The minimum absolute atomic E-state index is 0.182. The molecule has 1 heterocycles. The van der Waals surface area contributed by atoms with E-state index in [0.717, 1.165) is 16.4 Å². The number of hydrogen-bond acceptors (Lipinski definition) is 6. The van der Waals surface area contributed by atoms with Crippen molar-refractivity contribution in [2.24, 2.45) is 0 Å². The predicted molar refractivity (Wildman–Crippen MR) is 64.3 cm³/mol. The van der Waals surface area contributed by atoms with Gasteiger partial charge in [0.2, 0.25) is 0 Å². The molecule has 6 heteroatoms. The Morgan fingerprint density at radius 3 is 3.00 bits per heavy atom. The van der Waals surface area contributed by atoms with Crippen LogP contribution in [0.2, 0.25) is 0 Å². The van der Waals surface area contributed by atoms with Crippen molar-refractivity contribution in [1.82, 2.24) is 10.4 Å². The van der Waals surface area contributed by atoms with Crippen LogP contribution in [0.3, 0.4) is 0 Å². The van der Waals surface area contributed by atoms with Crippen molar-refractivity contribution < 1.29 is 9.53 Å². The minimum atomic E-state index is -0.182. The molecule has 0 amide bonds. The lowest BCUT2D eigenvalue weighted by Gasteiger charge is -2.13. The number of anilines is 1. The Balaban J connectivity index is 2.19. The molecular formula is C10H17N3O2S. The molecule has 1 rings (SSSR count). The third kappa shape index (κ3) is 4.59. The molecule has 16 heavy (non-hydrogen) atoms. The van der Waals surface area contributed by atoms with Crippen molar-refractivity contribution in [2.75, 3.05) is 12.5 Å². The molecule has 0 aliphatic carbocycles. The lowest BCUT2D eigenvalue weighted by atomic mass is 10.2. The topological polar surface area (TPSA) is 63.2 Å². The Kier molecular flexibility index (Phi) is 5.21. The van der Waals surface area contributed by atoms with Gasteiger partial charge in [0.1, 0.15) is 0 Å². The van der Waals surface area contributed by atoms with Crippen LogP contribution in [0.15, 0.2) is 6.20 Å². The first-order valence-electron chi connectivity index (χ1n) is 5.12. The third-order valence-electron chi connectivity index (χ3n) is 2.06. The summed E-state index contributed by atoms with van der Waals surface area (Å²) in [6.07, 6.45) is 2.96. The molecule has 2 N–H and O–H groups in total. The summed E-state index contributed by atoms with van der Waals surface area (Å²) < 4.78 is 4.57. The van der Waals surface area contributed by atoms with Crippen LogP contribution >= 0.6 is 11.3 Å². The van der Waals surface area contributed by atoms with E-state index in [9.17, 15) is 4.79 Å². The largest absolute Gasteiger partial charge is 0.469 e. The number of rotatable bonds is 6. The van der Waals surface area contributed by atoms with Crippen LogP contribution in [0.1, 0.15) is 24.6 Å². The molecule has 0 fully saturated rings. The van der Waals surface area contributed by atoms with E-state index in [4.69, 9.17) is 0 Å². The maximum absolute atomic E-state index is 10.9. The van der Waals surface area contributed by atoms with E-state index in [-0.39, 0.29) is 12.0 Å². The van der Waals surface area contributed by atoms with Crippen LogP contribution in [-0.2, 0) is 9.53 Å². The number of methoxy groups -OCH3 is 1. The summed E-state index contributed by atoms with van der Waals surface area (Å²) in [6.45, 7) is 4.00. The van der Waals surface area contributed by atoms with Crippen molar-refractivity contribution >= 4 is 22.4 Å². The number of ether oxygens (including phenoxy) is 1. The second-order valence-corrected chi connectivity index (χ2v) is 4.80. The molecule has 0 radical (unpaired) electrons. The van der Waals surface area contributed by atoms with Gasteiger partial charge in [-0.15, -0.1) is 11.3 Å². The zero-order valence-electron chi connectivity index (χ0n) is 9.74. The van der Waals surface area contributed by atoms with Crippen molar-refractivity contribution in [1.29, 1.82) is 0 Å². The van der Waals surface area contributed by atoms with E-state index in [1.807, 2.05) is 20.0 Å². The standard InChI is InChI=1S/C10H17N3O2S/c1-7(4-5-9(14)15-3)12-13-10-11-6-8(2)16-10/h6-7,12H,4-5H2,1-3H3,(H,11,13). The normalized spacial score (nSPS) is 12.2. The van der Waals surface area contributed by atoms with E-state index >= 15 is 0 Å². The van der Waals surface area contributed by atoms with E-state index in [1.165, 1.54) is 7.11 Å². The monoisotopic (exact) mass is 243 g/mol. The average molecular weight is 243 g/mol. The van der Waals surface area contributed by atoms with Gasteiger partial charge in [0, 0.05) is 23.5 Å². The molecule has 0 spiro atoms. The van der Waals surface area contributed by atoms with E-state index in [0.29, 0.717) is 6.42 Å². The number of aryl methyl sites for hydroxylation is 1. The van der Waals surface area contributed by atoms with E-state index in [2.05, 4.69) is 20.6 Å². The van der Waals surface area contributed by atoms with Crippen molar-refractivity contribution in [3.8, 4) is 0 Å². The Morgan fingerprint density at radius 1 is 1.69 bits per heavy atom. The van der Waals surface area contributed by atoms with Crippen LogP contribution in [0, 0.1) is 6.92 Å². The van der Waals surface area contributed by atoms with Gasteiger partial charge in [-0.1, -0.05) is 0 Å². The molecule has 1 aromatic heterocycles. The highest BCUT2D eigenvalue weighted by Crippen LogP contribution is 2.15. The maximum Gasteiger partial charge on any atom is 0.305 e. The fraction of sp³-hybridized carbons (Fsp3) is 0.600. The van der Waals surface area contributed by atoms with Crippen LogP contribution in [-0.4, -0.2) is 24.1 Å². The van der Waals surface area contributed by atoms with Gasteiger partial charge in [-0.25, -0.2) is 10.4 Å². The second-order valence-electron chi connectivity index (χ2n) is 3.56. The summed E-state index contributed by atoms with van der Waals surface area (Å²) in [4.78, 5) is 16.2. The molecule has 0 aliphatic heterocycles. The molecule has 0 saturated carbocycles. The average Bonchev–Trinajstić information content (AvgIpc) is 2.69. The number of thiazole rings is 1. The van der Waals surface area contributed by atoms with Crippen molar-refractivity contribution in [2.45, 2.75) is 32.7 Å². The lowest BCUT2D eigenvalue weighted by Crippen LogP contribution is -2.32. The zero-order chi connectivity index (χ0) is 12.0. The number of hydrazine groups is 1. The van der Waals surface area contributed by atoms with Gasteiger partial charge in [-0.3, -0.25) is 10.2 Å². The number of carbonyl (C=O) groups is 1. The molecule has 5 nitrogen and oxygen atoms in total. The summed E-state index contributed by atoms with van der Waals surface area (Å²) in [5.41, 5.74) is 6.09. The Hall–Kier alpha value is -1.14. The van der Waals surface area contributed by atoms with Gasteiger partial charge in [0.05, 0.1) is 7.11 Å². The van der Waals surface area contributed by atoms with Crippen LogP contribution in [0.4, 0.5) is 5.13 Å². The lowest BCUT2D eigenvalue weighted by molar-refractivity contribution is -0.140. The number of hydrogen-bond donors (Lipinski definition) is 2. The highest BCUT2D eigenvalue weighted by molar-refractivity contribution is 7.15. The molecule has 0 saturated heterocycles. The van der Waals surface area contributed by atoms with E-state index < -0.39 is 0 Å². The van der Waals surface area contributed by atoms with Crippen LogP contribution < -0.4 is 10.9 Å². The number of nitrogens with one attached hydrogen (secondary N) is 2. The smallest absolute Gasteiger partial charge is 0.305 e. The Labute approximate surface area is 99.2 Å². The molecule has 90 valence electrons. The summed E-state index contributed by atoms with van der Waals surface area (Å²) in [5, 5.41) is 0.836. The fourth-order valence-corrected chi connectivity index (χ4v) is 1.73. The third-order valence-corrected chi connectivity index (χ3v) is 2.88. The van der Waals surface area contributed by atoms with Gasteiger partial charge in [0.25, 0.3) is 0 Å². The summed E-state index contributed by atoms with van der Waals surface area (Å²) in [7, 11) is 1.40. The molecule has 0 aromatic carbocycles. The Morgan fingerprint density at radius 2 is 2.44 bits per heavy atom. The minimum Gasteiger partial charge on any atom is -0.469 e. The number of aromatic nitrogens is 1. The van der Waals surface area contributed by atoms with Crippen LogP contribution in [0.5, 0.6) is 0 Å². The first-order valence-corrected chi connectivity index (χ1v) is 5.94. The van der Waals surface area contributed by atoms with Gasteiger partial charge < -0.3 is 4.74 Å². The molecule has 1 unspecified atom stereocenters. The fourth-order valence-electron chi connectivity index (χ4n) is 1.11. The van der Waals surface area contributed by atoms with Gasteiger partial charge in [-0.2, -0.15) is 0 Å². The van der Waals surface area contributed by atoms with Crippen molar-refractivity contribution in [3.05, 3.63) is 11.1 Å². The van der Waals surface area contributed by atoms with Crippen molar-refractivity contribution in [3.63, 3.8) is 0 Å². The van der Waals surface area contributed by atoms with Gasteiger partial charge in [0.15, 0.2) is 5.13 Å². The second kappa shape index (κ2) is 6.44. The highest BCUT2D eigenvalue weighted by Gasteiger charge is 2.06. The molecule has 1 aromatic rings. The zero-order valence-corrected chi connectivity index (χ0v) is 10.6. The highest BCUT2D eigenvalue weighted by atomic mass is 32.1. The molecular weight excluding hydrogens is 226 g/mol. The first-order chi connectivity index (χ1) is 7.61. The molecule has 0 aliphatic rings. The Bertz CT molecular complexity index is 341. The van der Waals surface area contributed by atoms with Gasteiger partial charge >= 0.3 is 5.97 Å².